The lowest BCUT2D eigenvalue weighted by atomic mass is 9.99. The lowest BCUT2D eigenvalue weighted by Gasteiger charge is -2.44. The van der Waals surface area contributed by atoms with E-state index in [4.69, 9.17) is 23.7 Å². The number of thioether (sulfide) groups is 1. The number of hydrogen-bond acceptors (Lipinski definition) is 10. The van der Waals surface area contributed by atoms with Gasteiger partial charge in [-0.1, -0.05) is 19.1 Å². The molecule has 0 bridgehead atoms. The SMILES string of the molecule is CC(=O)OC[C@H]1O[C@@H](SCC[Si](C)C)[C@H](OC(C)=O)[C@@H](OC(C)=O)[C@H]1OC(C)=O. The molecule has 9 nitrogen and oxygen atoms in total. The zero-order valence-corrected chi connectivity index (χ0v) is 19.4. The first-order valence-electron chi connectivity index (χ1n) is 9.22. The molecule has 0 unspecified atom stereocenters. The van der Waals surface area contributed by atoms with Crippen molar-refractivity contribution in [1.29, 1.82) is 0 Å². The van der Waals surface area contributed by atoms with E-state index in [2.05, 4.69) is 13.1 Å². The highest BCUT2D eigenvalue weighted by atomic mass is 32.2. The van der Waals surface area contributed by atoms with E-state index in [1.807, 2.05) is 0 Å². The molecular formula is C18H29O9SSi. The van der Waals surface area contributed by atoms with Gasteiger partial charge in [0.15, 0.2) is 18.3 Å². The van der Waals surface area contributed by atoms with Gasteiger partial charge in [-0.3, -0.25) is 19.2 Å². The highest BCUT2D eigenvalue weighted by molar-refractivity contribution is 7.99. The average molecular weight is 450 g/mol. The molecule has 1 fully saturated rings. The van der Waals surface area contributed by atoms with Crippen LogP contribution in [-0.4, -0.2) is 74.9 Å². The topological polar surface area (TPSA) is 114 Å². The van der Waals surface area contributed by atoms with Gasteiger partial charge in [0.2, 0.25) is 0 Å². The molecule has 11 heteroatoms. The maximum Gasteiger partial charge on any atom is 0.303 e. The fraction of sp³-hybridized carbons (Fsp3) is 0.778. The molecule has 1 heterocycles. The van der Waals surface area contributed by atoms with Crippen LogP contribution in [-0.2, 0) is 42.9 Å². The number of rotatable bonds is 9. The Morgan fingerprint density at radius 2 is 1.34 bits per heavy atom. The van der Waals surface area contributed by atoms with Gasteiger partial charge in [0.1, 0.15) is 18.1 Å². The molecule has 29 heavy (non-hydrogen) atoms. The third-order valence-corrected chi connectivity index (χ3v) is 6.59. The predicted molar refractivity (Wildman–Crippen MR) is 107 cm³/mol. The summed E-state index contributed by atoms with van der Waals surface area (Å²) in [6.07, 6.45) is -4.07. The fourth-order valence-corrected chi connectivity index (χ4v) is 5.66. The Hall–Kier alpha value is -1.59. The molecule has 1 aliphatic rings. The van der Waals surface area contributed by atoms with E-state index in [0.717, 1.165) is 11.8 Å². The van der Waals surface area contributed by atoms with Crippen LogP contribution < -0.4 is 0 Å². The Bertz CT molecular complexity index is 598. The van der Waals surface area contributed by atoms with Crippen LogP contribution in [0.5, 0.6) is 0 Å². The normalized spacial score (nSPS) is 26.5. The molecule has 0 aromatic carbocycles. The molecule has 1 aliphatic heterocycles. The Balaban J connectivity index is 3.21. The van der Waals surface area contributed by atoms with E-state index < -0.39 is 62.5 Å². The van der Waals surface area contributed by atoms with E-state index in [1.54, 1.807) is 0 Å². The molecular weight excluding hydrogens is 420 g/mol. The van der Waals surface area contributed by atoms with Crippen molar-refractivity contribution in [2.24, 2.45) is 0 Å². The van der Waals surface area contributed by atoms with Crippen LogP contribution in [0.25, 0.3) is 0 Å². The van der Waals surface area contributed by atoms with Crippen molar-refractivity contribution < 1.29 is 42.9 Å². The summed E-state index contributed by atoms with van der Waals surface area (Å²) in [5.41, 5.74) is -0.683. The summed E-state index contributed by atoms with van der Waals surface area (Å²) in [6.45, 7) is 9.03. The second-order valence-corrected chi connectivity index (χ2v) is 11.0. The molecule has 0 N–H and O–H groups in total. The Labute approximate surface area is 176 Å². The van der Waals surface area contributed by atoms with Gasteiger partial charge >= 0.3 is 23.9 Å². The van der Waals surface area contributed by atoms with Crippen molar-refractivity contribution in [3.8, 4) is 0 Å². The highest BCUT2D eigenvalue weighted by Gasteiger charge is 2.52. The standard InChI is InChI=1S/C18H29O9SSi/c1-10(19)23-9-14-15(24-11(2)20)16(25-12(3)21)17(26-13(4)22)18(27-14)28-7-8-29(5)6/h14-18H,7-9H2,1-6H3/t14-,15+,16+,17-,18+/m1/s1. The first-order valence-corrected chi connectivity index (χ1v) is 13.0. The van der Waals surface area contributed by atoms with Gasteiger partial charge in [-0.05, 0) is 5.75 Å². The van der Waals surface area contributed by atoms with Gasteiger partial charge in [-0.25, -0.2) is 0 Å². The Morgan fingerprint density at radius 3 is 1.83 bits per heavy atom. The van der Waals surface area contributed by atoms with E-state index in [1.165, 1.54) is 39.5 Å². The van der Waals surface area contributed by atoms with Crippen molar-refractivity contribution >= 4 is 44.4 Å². The van der Waals surface area contributed by atoms with Crippen molar-refractivity contribution in [1.82, 2.24) is 0 Å². The van der Waals surface area contributed by atoms with Crippen LogP contribution in [0.1, 0.15) is 27.7 Å². The Morgan fingerprint density at radius 1 is 0.828 bits per heavy atom. The van der Waals surface area contributed by atoms with Crippen LogP contribution in [0.15, 0.2) is 0 Å². The monoisotopic (exact) mass is 449 g/mol. The van der Waals surface area contributed by atoms with Crippen molar-refractivity contribution in [2.45, 2.75) is 76.7 Å². The van der Waals surface area contributed by atoms with Crippen molar-refractivity contribution in [3.05, 3.63) is 0 Å². The number of esters is 4. The first kappa shape index (κ1) is 25.4. The molecule has 0 amide bonds. The molecule has 1 saturated heterocycles. The molecule has 0 saturated carbocycles. The van der Waals surface area contributed by atoms with Gasteiger partial charge in [0.25, 0.3) is 0 Å². The van der Waals surface area contributed by atoms with Crippen LogP contribution in [0.3, 0.4) is 0 Å². The minimum atomic E-state index is -1.10. The maximum atomic E-state index is 11.7. The predicted octanol–water partition coefficient (Wildman–Crippen LogP) is 1.56. The lowest BCUT2D eigenvalue weighted by molar-refractivity contribution is -0.237. The second-order valence-electron chi connectivity index (χ2n) is 6.90. The average Bonchev–Trinajstić information content (AvgIpc) is 2.56. The largest absolute Gasteiger partial charge is 0.463 e. The van der Waals surface area contributed by atoms with E-state index in [9.17, 15) is 19.2 Å². The van der Waals surface area contributed by atoms with Crippen molar-refractivity contribution in [2.75, 3.05) is 12.4 Å². The van der Waals surface area contributed by atoms with Gasteiger partial charge < -0.3 is 23.7 Å². The number of ether oxygens (including phenoxy) is 5. The molecule has 1 rings (SSSR count). The minimum absolute atomic E-state index is 0.203. The van der Waals surface area contributed by atoms with Gasteiger partial charge in [-0.2, -0.15) is 0 Å². The van der Waals surface area contributed by atoms with Gasteiger partial charge in [0, 0.05) is 36.5 Å². The molecule has 165 valence electrons. The summed E-state index contributed by atoms with van der Waals surface area (Å²) in [5, 5.41) is 0. The van der Waals surface area contributed by atoms with E-state index in [-0.39, 0.29) is 6.61 Å². The summed E-state index contributed by atoms with van der Waals surface area (Å²) in [6, 6.07) is 0.988. The summed E-state index contributed by atoms with van der Waals surface area (Å²) in [4.78, 5) is 46.3. The zero-order valence-electron chi connectivity index (χ0n) is 17.6. The van der Waals surface area contributed by atoms with Crippen LogP contribution in [0.4, 0.5) is 0 Å². The maximum absolute atomic E-state index is 11.7. The number of carbonyl (C=O) groups is 4. The summed E-state index contributed by atoms with van der Waals surface area (Å²) < 4.78 is 27.2. The molecule has 5 atom stereocenters. The number of hydrogen-bond donors (Lipinski definition) is 0. The van der Waals surface area contributed by atoms with Crippen LogP contribution in [0.2, 0.25) is 19.1 Å². The smallest absolute Gasteiger partial charge is 0.303 e. The van der Waals surface area contributed by atoms with E-state index in [0.29, 0.717) is 0 Å². The highest BCUT2D eigenvalue weighted by Crippen LogP contribution is 2.34. The molecule has 0 aromatic heterocycles. The minimum Gasteiger partial charge on any atom is -0.463 e. The third kappa shape index (κ3) is 9.17. The molecule has 0 spiro atoms. The summed E-state index contributed by atoms with van der Waals surface area (Å²) in [5.74, 6) is -1.64. The first-order chi connectivity index (χ1) is 13.5. The van der Waals surface area contributed by atoms with Gasteiger partial charge in [-0.15, -0.1) is 11.8 Å². The molecule has 0 aliphatic carbocycles. The Kier molecular flexibility index (Phi) is 10.7. The summed E-state index contributed by atoms with van der Waals surface area (Å²) in [7, 11) is -0.476. The van der Waals surface area contributed by atoms with Crippen LogP contribution in [0, 0.1) is 0 Å². The quantitative estimate of drug-likeness (QED) is 0.292. The van der Waals surface area contributed by atoms with E-state index >= 15 is 0 Å². The number of carbonyl (C=O) groups excluding carboxylic acids is 4. The third-order valence-electron chi connectivity index (χ3n) is 3.83. The van der Waals surface area contributed by atoms with Crippen LogP contribution >= 0.6 is 11.8 Å². The van der Waals surface area contributed by atoms with Gasteiger partial charge in [0.05, 0.1) is 0 Å². The lowest BCUT2D eigenvalue weighted by Crippen LogP contribution is -2.61. The van der Waals surface area contributed by atoms with Crippen molar-refractivity contribution in [3.63, 3.8) is 0 Å². The second kappa shape index (κ2) is 12.2. The summed E-state index contributed by atoms with van der Waals surface area (Å²) >= 11 is 1.42. The molecule has 0 aromatic rings. The fourth-order valence-electron chi connectivity index (χ4n) is 2.70. The molecule has 1 radical (unpaired) electrons. The zero-order chi connectivity index (χ0) is 22.1.